The Labute approximate surface area is 84.8 Å². The summed E-state index contributed by atoms with van der Waals surface area (Å²) >= 11 is 3.32. The van der Waals surface area contributed by atoms with Gasteiger partial charge in [0.25, 0.3) is 5.91 Å². The molecule has 4 nitrogen and oxygen atoms in total. The Morgan fingerprint density at radius 1 is 1.85 bits per heavy atom. The summed E-state index contributed by atoms with van der Waals surface area (Å²) in [4.78, 5) is 11.6. The highest BCUT2D eigenvalue weighted by Gasteiger charge is 2.10. The summed E-state index contributed by atoms with van der Waals surface area (Å²) in [5.74, 6) is 0.431. The zero-order valence-corrected chi connectivity index (χ0v) is 9.09. The van der Waals surface area contributed by atoms with Crippen molar-refractivity contribution in [3.63, 3.8) is 0 Å². The van der Waals surface area contributed by atoms with Crippen LogP contribution in [0.15, 0.2) is 10.6 Å². The lowest BCUT2D eigenvalue weighted by Gasteiger charge is -2.03. The predicted octanol–water partition coefficient (Wildman–Crippen LogP) is 1.50. The van der Waals surface area contributed by atoms with Gasteiger partial charge in [-0.1, -0.05) is 28.0 Å². The molecule has 1 atom stereocenters. The number of nitrogens with zero attached hydrogens (tertiary/aromatic N) is 1. The van der Waals surface area contributed by atoms with Crippen molar-refractivity contribution in [3.05, 3.63) is 17.5 Å². The molecule has 5 heteroatoms. The van der Waals surface area contributed by atoms with Crippen LogP contribution in [-0.2, 0) is 0 Å². The monoisotopic (exact) mass is 246 g/mol. The second-order valence-corrected chi connectivity index (χ2v) is 4.38. The summed E-state index contributed by atoms with van der Waals surface area (Å²) in [7, 11) is 0. The number of carbonyl (C=O) groups excluding carboxylic acids is 1. The number of alkyl halides is 1. The highest BCUT2D eigenvalue weighted by Crippen LogP contribution is 2.01. The summed E-state index contributed by atoms with van der Waals surface area (Å²) in [5.41, 5.74) is 0.325. The first-order valence-corrected chi connectivity index (χ1v) is 4.86. The normalized spacial score (nSPS) is 12.5. The maximum Gasteiger partial charge on any atom is 0.273 e. The lowest BCUT2D eigenvalue weighted by Crippen LogP contribution is -2.28. The molecule has 72 valence electrons. The van der Waals surface area contributed by atoms with E-state index in [0.717, 1.165) is 0 Å². The van der Waals surface area contributed by atoms with Crippen LogP contribution in [0, 0.1) is 6.92 Å². The lowest BCUT2D eigenvalue weighted by molar-refractivity contribution is 0.0945. The topological polar surface area (TPSA) is 55.1 Å². The van der Waals surface area contributed by atoms with Crippen molar-refractivity contribution in [1.82, 2.24) is 10.5 Å². The predicted molar refractivity (Wildman–Crippen MR) is 52.0 cm³/mol. The zero-order valence-electron chi connectivity index (χ0n) is 7.50. The standard InChI is InChI=1S/C8H11BrN2O2/c1-5(9)4-10-8(12)7-3-6(2)13-11-7/h3,5H,4H2,1-2H3,(H,10,12). The van der Waals surface area contributed by atoms with Gasteiger partial charge in [-0.15, -0.1) is 0 Å². The average Bonchev–Trinajstić information content (AvgIpc) is 2.47. The summed E-state index contributed by atoms with van der Waals surface area (Å²) in [6, 6.07) is 1.61. The van der Waals surface area contributed by atoms with E-state index < -0.39 is 0 Å². The van der Waals surface area contributed by atoms with Gasteiger partial charge in [-0.2, -0.15) is 0 Å². The molecule has 13 heavy (non-hydrogen) atoms. The van der Waals surface area contributed by atoms with Gasteiger partial charge in [0.1, 0.15) is 5.76 Å². The van der Waals surface area contributed by atoms with Gasteiger partial charge >= 0.3 is 0 Å². The molecule has 1 aromatic rings. The summed E-state index contributed by atoms with van der Waals surface area (Å²) in [6.45, 7) is 4.27. The molecule has 0 aliphatic carbocycles. The maximum atomic E-state index is 11.3. The Kier molecular flexibility index (Phi) is 3.48. The number of amides is 1. The van der Waals surface area contributed by atoms with Gasteiger partial charge in [-0.05, 0) is 6.92 Å². The Morgan fingerprint density at radius 2 is 2.54 bits per heavy atom. The largest absolute Gasteiger partial charge is 0.361 e. The third-order valence-corrected chi connectivity index (χ3v) is 1.73. The minimum Gasteiger partial charge on any atom is -0.361 e. The molecular formula is C8H11BrN2O2. The number of aromatic nitrogens is 1. The van der Waals surface area contributed by atoms with Crippen molar-refractivity contribution in [1.29, 1.82) is 0 Å². The van der Waals surface area contributed by atoms with E-state index in [0.29, 0.717) is 18.0 Å². The number of carbonyl (C=O) groups is 1. The van der Waals surface area contributed by atoms with Crippen LogP contribution in [0.1, 0.15) is 23.2 Å². The molecule has 0 aliphatic rings. The van der Waals surface area contributed by atoms with E-state index >= 15 is 0 Å². The van der Waals surface area contributed by atoms with Gasteiger partial charge in [0.15, 0.2) is 5.69 Å². The minimum atomic E-state index is -0.205. The van der Waals surface area contributed by atoms with Crippen molar-refractivity contribution in [2.75, 3.05) is 6.54 Å². The fourth-order valence-corrected chi connectivity index (χ4v) is 0.959. The van der Waals surface area contributed by atoms with Crippen molar-refractivity contribution < 1.29 is 9.32 Å². The van der Waals surface area contributed by atoms with Crippen LogP contribution >= 0.6 is 15.9 Å². The fourth-order valence-electron chi connectivity index (χ4n) is 0.797. The molecule has 0 spiro atoms. The van der Waals surface area contributed by atoms with Crippen molar-refractivity contribution in [2.45, 2.75) is 18.7 Å². The number of halogens is 1. The van der Waals surface area contributed by atoms with Crippen LogP contribution in [0.25, 0.3) is 0 Å². The van der Waals surface area contributed by atoms with Crippen LogP contribution in [0.2, 0.25) is 0 Å². The van der Waals surface area contributed by atoms with E-state index in [2.05, 4.69) is 26.4 Å². The van der Waals surface area contributed by atoms with Gasteiger partial charge in [-0.3, -0.25) is 4.79 Å². The number of aryl methyl sites for hydroxylation is 1. The third kappa shape index (κ3) is 3.18. The quantitative estimate of drug-likeness (QED) is 0.823. The number of rotatable bonds is 3. The molecule has 0 radical (unpaired) electrons. The molecular weight excluding hydrogens is 236 g/mol. The van der Waals surface area contributed by atoms with Gasteiger partial charge in [-0.25, -0.2) is 0 Å². The highest BCUT2D eigenvalue weighted by molar-refractivity contribution is 9.09. The second-order valence-electron chi connectivity index (χ2n) is 2.81. The number of nitrogens with one attached hydrogen (secondary N) is 1. The molecule has 1 amide bonds. The zero-order chi connectivity index (χ0) is 9.84. The maximum absolute atomic E-state index is 11.3. The second kappa shape index (κ2) is 4.41. The van der Waals surface area contributed by atoms with E-state index in [-0.39, 0.29) is 10.7 Å². The van der Waals surface area contributed by atoms with Crippen molar-refractivity contribution in [3.8, 4) is 0 Å². The molecule has 0 bridgehead atoms. The number of hydrogen-bond donors (Lipinski definition) is 1. The summed E-state index contributed by atoms with van der Waals surface area (Å²) in [6.07, 6.45) is 0. The van der Waals surface area contributed by atoms with Gasteiger partial charge in [0, 0.05) is 17.4 Å². The molecule has 0 saturated carbocycles. The highest BCUT2D eigenvalue weighted by atomic mass is 79.9. The van der Waals surface area contributed by atoms with E-state index in [9.17, 15) is 4.79 Å². The molecule has 0 aliphatic heterocycles. The van der Waals surface area contributed by atoms with Crippen molar-refractivity contribution >= 4 is 21.8 Å². The molecule has 0 fully saturated rings. The Hall–Kier alpha value is -0.840. The first kappa shape index (κ1) is 10.2. The van der Waals surface area contributed by atoms with Gasteiger partial charge in [0.2, 0.25) is 0 Å². The van der Waals surface area contributed by atoms with E-state index in [1.165, 1.54) is 0 Å². The first-order valence-electron chi connectivity index (χ1n) is 3.95. The van der Waals surface area contributed by atoms with Crippen LogP contribution in [0.5, 0.6) is 0 Å². The Balaban J connectivity index is 2.49. The van der Waals surface area contributed by atoms with Crippen LogP contribution < -0.4 is 5.32 Å². The lowest BCUT2D eigenvalue weighted by atomic mass is 10.3. The molecule has 1 rings (SSSR count). The SMILES string of the molecule is Cc1cc(C(=O)NCC(C)Br)no1. The van der Waals surface area contributed by atoms with E-state index in [1.54, 1.807) is 13.0 Å². The van der Waals surface area contributed by atoms with Gasteiger partial charge < -0.3 is 9.84 Å². The van der Waals surface area contributed by atoms with Crippen molar-refractivity contribution in [2.24, 2.45) is 0 Å². The molecule has 1 heterocycles. The minimum absolute atomic E-state index is 0.205. The van der Waals surface area contributed by atoms with E-state index in [4.69, 9.17) is 4.52 Å². The van der Waals surface area contributed by atoms with Crippen LogP contribution in [0.3, 0.4) is 0 Å². The molecule has 1 N–H and O–H groups in total. The molecule has 1 aromatic heterocycles. The van der Waals surface area contributed by atoms with Crippen LogP contribution in [0.4, 0.5) is 0 Å². The van der Waals surface area contributed by atoms with Crippen LogP contribution in [-0.4, -0.2) is 22.4 Å². The molecule has 1 unspecified atom stereocenters. The fraction of sp³-hybridized carbons (Fsp3) is 0.500. The smallest absolute Gasteiger partial charge is 0.273 e. The molecule has 0 aromatic carbocycles. The Morgan fingerprint density at radius 3 is 3.00 bits per heavy atom. The summed E-state index contributed by atoms with van der Waals surface area (Å²) in [5, 5.41) is 6.29. The average molecular weight is 247 g/mol. The number of hydrogen-bond acceptors (Lipinski definition) is 3. The molecule has 0 saturated heterocycles. The van der Waals surface area contributed by atoms with Gasteiger partial charge in [0.05, 0.1) is 0 Å². The Bertz CT molecular complexity index is 296. The van der Waals surface area contributed by atoms with E-state index in [1.807, 2.05) is 6.92 Å². The summed E-state index contributed by atoms with van der Waals surface area (Å²) < 4.78 is 4.77. The first-order chi connectivity index (χ1) is 6.09. The third-order valence-electron chi connectivity index (χ3n) is 1.40.